The van der Waals surface area contributed by atoms with Crippen LogP contribution >= 0.6 is 0 Å². The first kappa shape index (κ1) is 20.5. The molecule has 5 heteroatoms. The monoisotopic (exact) mass is 367 g/mol. The first-order chi connectivity index (χ1) is 13.0. The van der Waals surface area contributed by atoms with E-state index in [2.05, 4.69) is 41.5 Å². The van der Waals surface area contributed by atoms with Crippen molar-refractivity contribution >= 4 is 17.5 Å². The molecule has 2 aromatic rings. The van der Waals surface area contributed by atoms with Crippen LogP contribution < -0.4 is 15.5 Å². The van der Waals surface area contributed by atoms with Crippen LogP contribution in [-0.4, -0.2) is 31.4 Å². The summed E-state index contributed by atoms with van der Waals surface area (Å²) in [5, 5.41) is 5.84. The van der Waals surface area contributed by atoms with Crippen LogP contribution in [0.25, 0.3) is 0 Å². The number of benzene rings is 2. The molecule has 2 aromatic carbocycles. The molecule has 0 heterocycles. The van der Waals surface area contributed by atoms with Gasteiger partial charge in [0.05, 0.1) is 12.5 Å². The van der Waals surface area contributed by atoms with E-state index in [0.29, 0.717) is 6.54 Å². The first-order valence-corrected chi connectivity index (χ1v) is 9.40. The van der Waals surface area contributed by atoms with Crippen molar-refractivity contribution in [3.05, 3.63) is 65.7 Å². The van der Waals surface area contributed by atoms with Crippen LogP contribution in [0.4, 0.5) is 5.69 Å². The maximum Gasteiger partial charge on any atom is 0.222 e. The molecule has 0 saturated carbocycles. The van der Waals surface area contributed by atoms with Crippen LogP contribution in [-0.2, 0) is 9.59 Å². The van der Waals surface area contributed by atoms with Crippen molar-refractivity contribution in [2.45, 2.75) is 33.2 Å². The Labute approximate surface area is 161 Å². The fourth-order valence-electron chi connectivity index (χ4n) is 3.14. The SMILES string of the molecule is CCN(CCNC(=O)CC(NC(C)=O)c1ccccc1)c1ccccc1C. The van der Waals surface area contributed by atoms with E-state index in [0.717, 1.165) is 18.7 Å². The third kappa shape index (κ3) is 6.44. The molecule has 1 unspecified atom stereocenters. The second-order valence-corrected chi connectivity index (χ2v) is 6.58. The van der Waals surface area contributed by atoms with E-state index in [4.69, 9.17) is 0 Å². The molecule has 0 spiro atoms. The number of nitrogens with zero attached hydrogens (tertiary/aromatic N) is 1. The minimum atomic E-state index is -0.317. The van der Waals surface area contributed by atoms with E-state index in [1.807, 2.05) is 42.5 Å². The number of carbonyl (C=O) groups excluding carboxylic acids is 2. The summed E-state index contributed by atoms with van der Waals surface area (Å²) in [4.78, 5) is 26.1. The third-order valence-corrected chi connectivity index (χ3v) is 4.51. The maximum absolute atomic E-state index is 12.4. The zero-order valence-corrected chi connectivity index (χ0v) is 16.4. The molecule has 1 atom stereocenters. The molecule has 0 aliphatic rings. The van der Waals surface area contributed by atoms with Gasteiger partial charge >= 0.3 is 0 Å². The quantitative estimate of drug-likeness (QED) is 0.715. The highest BCUT2D eigenvalue weighted by Gasteiger charge is 2.17. The molecule has 2 amide bonds. The van der Waals surface area contributed by atoms with Gasteiger partial charge < -0.3 is 15.5 Å². The Kier molecular flexibility index (Phi) is 7.86. The molecule has 144 valence electrons. The van der Waals surface area contributed by atoms with E-state index in [1.165, 1.54) is 18.2 Å². The van der Waals surface area contributed by atoms with Gasteiger partial charge in [-0.3, -0.25) is 9.59 Å². The van der Waals surface area contributed by atoms with Crippen LogP contribution in [0.5, 0.6) is 0 Å². The Balaban J connectivity index is 1.90. The lowest BCUT2D eigenvalue weighted by atomic mass is 10.0. The Morgan fingerprint density at radius 2 is 1.70 bits per heavy atom. The van der Waals surface area contributed by atoms with Gasteiger partial charge in [-0.2, -0.15) is 0 Å². The summed E-state index contributed by atoms with van der Waals surface area (Å²) in [5.41, 5.74) is 3.34. The van der Waals surface area contributed by atoms with Crippen molar-refractivity contribution in [1.82, 2.24) is 10.6 Å². The van der Waals surface area contributed by atoms with Gasteiger partial charge in [-0.25, -0.2) is 0 Å². The Hall–Kier alpha value is -2.82. The maximum atomic E-state index is 12.4. The van der Waals surface area contributed by atoms with Gasteiger partial charge in [0.15, 0.2) is 0 Å². The summed E-state index contributed by atoms with van der Waals surface area (Å²) in [6, 6.07) is 17.5. The van der Waals surface area contributed by atoms with Crippen molar-refractivity contribution in [2.75, 3.05) is 24.5 Å². The number of rotatable bonds is 9. The van der Waals surface area contributed by atoms with E-state index in [1.54, 1.807) is 0 Å². The Morgan fingerprint density at radius 1 is 1.04 bits per heavy atom. The zero-order chi connectivity index (χ0) is 19.6. The highest BCUT2D eigenvalue weighted by Crippen LogP contribution is 2.19. The molecule has 0 saturated heterocycles. The van der Waals surface area contributed by atoms with Gasteiger partial charge in [-0.05, 0) is 31.0 Å². The third-order valence-electron chi connectivity index (χ3n) is 4.51. The van der Waals surface area contributed by atoms with Crippen molar-refractivity contribution in [3.8, 4) is 0 Å². The normalized spacial score (nSPS) is 11.5. The summed E-state index contributed by atoms with van der Waals surface area (Å²) in [6.07, 6.45) is 0.222. The molecule has 2 rings (SSSR count). The molecule has 5 nitrogen and oxygen atoms in total. The molecule has 0 aliphatic carbocycles. The smallest absolute Gasteiger partial charge is 0.222 e. The molecular formula is C22H29N3O2. The Bertz CT molecular complexity index is 746. The molecule has 0 aliphatic heterocycles. The lowest BCUT2D eigenvalue weighted by molar-refractivity contribution is -0.122. The number of nitrogens with one attached hydrogen (secondary N) is 2. The summed E-state index contributed by atoms with van der Waals surface area (Å²) < 4.78 is 0. The lowest BCUT2D eigenvalue weighted by Crippen LogP contribution is -2.37. The van der Waals surface area contributed by atoms with E-state index in [-0.39, 0.29) is 24.3 Å². The Morgan fingerprint density at radius 3 is 2.33 bits per heavy atom. The van der Waals surface area contributed by atoms with Gasteiger partial charge in [0.25, 0.3) is 0 Å². The van der Waals surface area contributed by atoms with Gasteiger partial charge in [0.2, 0.25) is 11.8 Å². The number of carbonyl (C=O) groups is 2. The van der Waals surface area contributed by atoms with Crippen LogP contribution in [0.15, 0.2) is 54.6 Å². The van der Waals surface area contributed by atoms with Crippen LogP contribution in [0.3, 0.4) is 0 Å². The summed E-state index contributed by atoms with van der Waals surface area (Å²) in [5.74, 6) is -0.216. The van der Waals surface area contributed by atoms with Crippen molar-refractivity contribution < 1.29 is 9.59 Å². The van der Waals surface area contributed by atoms with E-state index in [9.17, 15) is 9.59 Å². The van der Waals surface area contributed by atoms with Gasteiger partial charge in [0.1, 0.15) is 0 Å². The average molecular weight is 367 g/mol. The molecule has 27 heavy (non-hydrogen) atoms. The number of likely N-dealkylation sites (N-methyl/N-ethyl adjacent to an activating group) is 1. The summed E-state index contributed by atoms with van der Waals surface area (Å²) >= 11 is 0. The van der Waals surface area contributed by atoms with E-state index < -0.39 is 0 Å². The topological polar surface area (TPSA) is 61.4 Å². The fourth-order valence-corrected chi connectivity index (χ4v) is 3.14. The minimum Gasteiger partial charge on any atom is -0.370 e. The van der Waals surface area contributed by atoms with E-state index >= 15 is 0 Å². The molecule has 0 fully saturated rings. The van der Waals surface area contributed by atoms with Crippen LogP contribution in [0.1, 0.15) is 37.4 Å². The van der Waals surface area contributed by atoms with Gasteiger partial charge in [-0.1, -0.05) is 48.5 Å². The number of hydrogen-bond donors (Lipinski definition) is 2. The molecule has 0 aromatic heterocycles. The predicted octanol–water partition coefficient (Wildman–Crippen LogP) is 3.21. The predicted molar refractivity (Wildman–Crippen MR) is 110 cm³/mol. The number of hydrogen-bond acceptors (Lipinski definition) is 3. The zero-order valence-electron chi connectivity index (χ0n) is 16.4. The number of aryl methyl sites for hydroxylation is 1. The highest BCUT2D eigenvalue weighted by atomic mass is 16.2. The van der Waals surface area contributed by atoms with Gasteiger partial charge in [0, 0.05) is 32.2 Å². The summed E-state index contributed by atoms with van der Waals surface area (Å²) in [6.45, 7) is 7.84. The molecule has 0 radical (unpaired) electrons. The van der Waals surface area contributed by atoms with Crippen LogP contribution in [0, 0.1) is 6.92 Å². The van der Waals surface area contributed by atoms with Gasteiger partial charge in [-0.15, -0.1) is 0 Å². The van der Waals surface area contributed by atoms with Crippen molar-refractivity contribution in [3.63, 3.8) is 0 Å². The number of amides is 2. The standard InChI is InChI=1S/C22H29N3O2/c1-4-25(21-13-9-8-10-17(21)2)15-14-23-22(27)16-20(24-18(3)26)19-11-6-5-7-12-19/h5-13,20H,4,14-16H2,1-3H3,(H,23,27)(H,24,26). The molecule has 0 bridgehead atoms. The number of para-hydroxylation sites is 1. The lowest BCUT2D eigenvalue weighted by Gasteiger charge is -2.25. The first-order valence-electron chi connectivity index (χ1n) is 9.40. The number of anilines is 1. The van der Waals surface area contributed by atoms with Crippen LogP contribution in [0.2, 0.25) is 0 Å². The average Bonchev–Trinajstić information content (AvgIpc) is 2.66. The van der Waals surface area contributed by atoms with Crippen molar-refractivity contribution in [2.24, 2.45) is 0 Å². The molecular weight excluding hydrogens is 338 g/mol. The minimum absolute atomic E-state index is 0.0709. The molecule has 2 N–H and O–H groups in total. The second-order valence-electron chi connectivity index (χ2n) is 6.58. The van der Waals surface area contributed by atoms with Crippen molar-refractivity contribution in [1.29, 1.82) is 0 Å². The second kappa shape index (κ2) is 10.4. The fraction of sp³-hybridized carbons (Fsp3) is 0.364. The summed E-state index contributed by atoms with van der Waals surface area (Å²) in [7, 11) is 0. The largest absolute Gasteiger partial charge is 0.370 e. The highest BCUT2D eigenvalue weighted by molar-refractivity contribution is 5.79.